The standard InChI is InChI=1S/C23H28N2O4/c1-23(2,3)16-8-6-15(7-9-16)17-12-18(17)22(27)25-24-13-14-10-19(28-4)21(26)20(11-14)29-5/h6-11,13,17-18,26H,12H2,1-5H3,(H,25,27)/b24-13+/t17-,18+/m0/s1. The number of phenolic OH excluding ortho intramolecular Hbond substituents is 1. The second-order valence-electron chi connectivity index (χ2n) is 8.33. The van der Waals surface area contributed by atoms with E-state index >= 15 is 0 Å². The molecule has 1 aliphatic carbocycles. The number of aromatic hydroxyl groups is 1. The lowest BCUT2D eigenvalue weighted by Gasteiger charge is -2.19. The van der Waals surface area contributed by atoms with Crippen molar-refractivity contribution >= 4 is 12.1 Å². The third-order valence-corrected chi connectivity index (χ3v) is 5.22. The van der Waals surface area contributed by atoms with Crippen LogP contribution in [0.5, 0.6) is 17.2 Å². The van der Waals surface area contributed by atoms with Gasteiger partial charge in [-0.05, 0) is 41.0 Å². The first kappa shape index (κ1) is 20.7. The second-order valence-corrected chi connectivity index (χ2v) is 8.33. The van der Waals surface area contributed by atoms with Crippen molar-refractivity contribution in [3.8, 4) is 17.2 Å². The van der Waals surface area contributed by atoms with Crippen molar-refractivity contribution in [1.82, 2.24) is 5.43 Å². The van der Waals surface area contributed by atoms with Gasteiger partial charge in [0.25, 0.3) is 0 Å². The Morgan fingerprint density at radius 2 is 1.72 bits per heavy atom. The highest BCUT2D eigenvalue weighted by atomic mass is 16.5. The number of ether oxygens (including phenoxy) is 2. The Bertz CT molecular complexity index is 888. The Kier molecular flexibility index (Phi) is 5.82. The van der Waals surface area contributed by atoms with E-state index in [4.69, 9.17) is 9.47 Å². The van der Waals surface area contributed by atoms with Crippen LogP contribution in [0.25, 0.3) is 0 Å². The molecule has 2 aromatic rings. The fraction of sp³-hybridized carbons (Fsp3) is 0.391. The molecule has 0 unspecified atom stereocenters. The first-order chi connectivity index (χ1) is 13.7. The Morgan fingerprint density at radius 3 is 2.24 bits per heavy atom. The molecule has 1 fully saturated rings. The Hall–Kier alpha value is -3.02. The van der Waals surface area contributed by atoms with E-state index in [-0.39, 0.29) is 40.4 Å². The maximum Gasteiger partial charge on any atom is 0.243 e. The molecule has 3 rings (SSSR count). The number of benzene rings is 2. The number of carbonyl (C=O) groups is 1. The maximum atomic E-state index is 12.4. The Labute approximate surface area is 171 Å². The Balaban J connectivity index is 1.60. The van der Waals surface area contributed by atoms with Gasteiger partial charge in [-0.2, -0.15) is 5.10 Å². The van der Waals surface area contributed by atoms with Gasteiger partial charge in [-0.1, -0.05) is 45.0 Å². The number of rotatable bonds is 6. The average molecular weight is 396 g/mol. The number of carbonyl (C=O) groups excluding carboxylic acids is 1. The topological polar surface area (TPSA) is 80.2 Å². The normalized spacial score (nSPS) is 18.5. The van der Waals surface area contributed by atoms with Gasteiger partial charge < -0.3 is 14.6 Å². The molecule has 0 radical (unpaired) electrons. The molecule has 6 heteroatoms. The summed E-state index contributed by atoms with van der Waals surface area (Å²) in [6.45, 7) is 6.56. The molecular weight excluding hydrogens is 368 g/mol. The van der Waals surface area contributed by atoms with Crippen LogP contribution >= 0.6 is 0 Å². The molecule has 6 nitrogen and oxygen atoms in total. The summed E-state index contributed by atoms with van der Waals surface area (Å²) < 4.78 is 10.2. The molecule has 154 valence electrons. The van der Waals surface area contributed by atoms with Crippen LogP contribution in [0.15, 0.2) is 41.5 Å². The van der Waals surface area contributed by atoms with E-state index in [0.717, 1.165) is 6.42 Å². The van der Waals surface area contributed by atoms with Crippen LogP contribution in [0, 0.1) is 5.92 Å². The third kappa shape index (κ3) is 4.70. The Morgan fingerprint density at radius 1 is 1.14 bits per heavy atom. The summed E-state index contributed by atoms with van der Waals surface area (Å²) in [6.07, 6.45) is 2.33. The summed E-state index contributed by atoms with van der Waals surface area (Å²) in [5.74, 6) is 0.569. The predicted octanol–water partition coefficient (Wildman–Crippen LogP) is 3.96. The lowest BCUT2D eigenvalue weighted by Crippen LogP contribution is -2.20. The van der Waals surface area contributed by atoms with Gasteiger partial charge in [-0.3, -0.25) is 4.79 Å². The van der Waals surface area contributed by atoms with Crippen LogP contribution in [-0.2, 0) is 10.2 Å². The van der Waals surface area contributed by atoms with Crippen LogP contribution in [0.2, 0.25) is 0 Å². The fourth-order valence-corrected chi connectivity index (χ4v) is 3.33. The molecule has 29 heavy (non-hydrogen) atoms. The lowest BCUT2D eigenvalue weighted by molar-refractivity contribution is -0.122. The molecule has 1 amide bonds. The first-order valence-electron chi connectivity index (χ1n) is 9.63. The van der Waals surface area contributed by atoms with Gasteiger partial charge in [0.05, 0.1) is 20.4 Å². The lowest BCUT2D eigenvalue weighted by atomic mass is 9.86. The van der Waals surface area contributed by atoms with Crippen LogP contribution in [0.1, 0.15) is 49.8 Å². The van der Waals surface area contributed by atoms with Crippen molar-refractivity contribution in [3.63, 3.8) is 0 Å². The average Bonchev–Trinajstić information content (AvgIpc) is 3.49. The number of hydrazone groups is 1. The van der Waals surface area contributed by atoms with Gasteiger partial charge in [0.1, 0.15) is 0 Å². The van der Waals surface area contributed by atoms with E-state index in [9.17, 15) is 9.90 Å². The summed E-state index contributed by atoms with van der Waals surface area (Å²) in [6, 6.07) is 11.8. The predicted molar refractivity (Wildman–Crippen MR) is 113 cm³/mol. The first-order valence-corrected chi connectivity index (χ1v) is 9.63. The molecule has 2 atom stereocenters. The van der Waals surface area contributed by atoms with Gasteiger partial charge in [0, 0.05) is 11.5 Å². The molecule has 2 N–H and O–H groups in total. The molecule has 1 saturated carbocycles. The smallest absolute Gasteiger partial charge is 0.243 e. The summed E-state index contributed by atoms with van der Waals surface area (Å²) in [7, 11) is 2.91. The number of nitrogens with zero attached hydrogens (tertiary/aromatic N) is 1. The summed E-state index contributed by atoms with van der Waals surface area (Å²) in [5, 5.41) is 14.0. The summed E-state index contributed by atoms with van der Waals surface area (Å²) >= 11 is 0. The number of hydrogen-bond donors (Lipinski definition) is 2. The minimum atomic E-state index is -0.0937. The molecular formula is C23H28N2O4. The van der Waals surface area contributed by atoms with Crippen molar-refractivity contribution in [2.45, 2.75) is 38.5 Å². The van der Waals surface area contributed by atoms with Crippen molar-refractivity contribution in [2.75, 3.05) is 14.2 Å². The van der Waals surface area contributed by atoms with Crippen LogP contribution in [0.3, 0.4) is 0 Å². The van der Waals surface area contributed by atoms with Gasteiger partial charge in [0.15, 0.2) is 11.5 Å². The van der Waals surface area contributed by atoms with Crippen molar-refractivity contribution in [2.24, 2.45) is 11.0 Å². The molecule has 2 aromatic carbocycles. The van der Waals surface area contributed by atoms with Gasteiger partial charge in [-0.15, -0.1) is 0 Å². The van der Waals surface area contributed by atoms with Crippen molar-refractivity contribution in [3.05, 3.63) is 53.1 Å². The quantitative estimate of drug-likeness (QED) is 0.572. The minimum absolute atomic E-state index is 0.0588. The number of amides is 1. The largest absolute Gasteiger partial charge is 0.502 e. The van der Waals surface area contributed by atoms with Gasteiger partial charge >= 0.3 is 0 Å². The van der Waals surface area contributed by atoms with Gasteiger partial charge in [-0.25, -0.2) is 5.43 Å². The SMILES string of the molecule is COc1cc(/C=N/NC(=O)[C@@H]2C[C@H]2c2ccc(C(C)(C)C)cc2)cc(OC)c1O. The van der Waals surface area contributed by atoms with E-state index in [1.54, 1.807) is 12.1 Å². The summed E-state index contributed by atoms with van der Waals surface area (Å²) in [5.41, 5.74) is 5.84. The molecule has 0 aromatic heterocycles. The monoisotopic (exact) mass is 396 g/mol. The molecule has 0 spiro atoms. The number of hydrogen-bond acceptors (Lipinski definition) is 5. The van der Waals surface area contributed by atoms with Gasteiger partial charge in [0.2, 0.25) is 11.7 Å². The highest BCUT2D eigenvalue weighted by Gasteiger charge is 2.44. The minimum Gasteiger partial charge on any atom is -0.502 e. The molecule has 0 saturated heterocycles. The number of phenols is 1. The van der Waals surface area contributed by atoms with E-state index in [1.807, 2.05) is 0 Å². The van der Waals surface area contributed by atoms with E-state index < -0.39 is 0 Å². The highest BCUT2D eigenvalue weighted by Crippen LogP contribution is 2.47. The molecule has 0 aliphatic heterocycles. The number of methoxy groups -OCH3 is 2. The van der Waals surface area contributed by atoms with E-state index in [0.29, 0.717) is 5.56 Å². The zero-order chi connectivity index (χ0) is 21.2. The fourth-order valence-electron chi connectivity index (χ4n) is 3.33. The number of nitrogens with one attached hydrogen (secondary N) is 1. The second kappa shape index (κ2) is 8.15. The zero-order valence-corrected chi connectivity index (χ0v) is 17.5. The third-order valence-electron chi connectivity index (χ3n) is 5.22. The molecule has 0 bridgehead atoms. The highest BCUT2D eigenvalue weighted by molar-refractivity contribution is 5.86. The van der Waals surface area contributed by atoms with Crippen molar-refractivity contribution in [1.29, 1.82) is 0 Å². The van der Waals surface area contributed by atoms with Crippen LogP contribution in [0.4, 0.5) is 0 Å². The van der Waals surface area contributed by atoms with E-state index in [2.05, 4.69) is 55.6 Å². The molecule has 0 heterocycles. The maximum absolute atomic E-state index is 12.4. The summed E-state index contributed by atoms with van der Waals surface area (Å²) in [4.78, 5) is 12.4. The molecule has 1 aliphatic rings. The van der Waals surface area contributed by atoms with Crippen molar-refractivity contribution < 1.29 is 19.4 Å². The zero-order valence-electron chi connectivity index (χ0n) is 17.5. The van der Waals surface area contributed by atoms with Crippen LogP contribution in [-0.4, -0.2) is 31.4 Å². The van der Waals surface area contributed by atoms with Crippen LogP contribution < -0.4 is 14.9 Å². The van der Waals surface area contributed by atoms with E-state index in [1.165, 1.54) is 31.6 Å².